The van der Waals surface area contributed by atoms with Gasteiger partial charge < -0.3 is 39.5 Å². The van der Waals surface area contributed by atoms with E-state index in [2.05, 4.69) is 22.2 Å². The zero-order chi connectivity index (χ0) is 39.9. The molecule has 0 spiro atoms. The maximum atomic E-state index is 14.3. The Morgan fingerprint density at radius 2 is 1.71 bits per heavy atom. The number of amides is 3. The van der Waals surface area contributed by atoms with Crippen LogP contribution in [-0.4, -0.2) is 84.2 Å². The van der Waals surface area contributed by atoms with Gasteiger partial charge in [0.05, 0.1) is 11.7 Å². The minimum Gasteiger partial charge on any atom is -0.450 e. The van der Waals surface area contributed by atoms with Gasteiger partial charge in [-0.1, -0.05) is 43.8 Å². The Balaban J connectivity index is 1.28. The first-order chi connectivity index (χ1) is 26.2. The van der Waals surface area contributed by atoms with Crippen LogP contribution in [0, 0.1) is 11.8 Å². The Morgan fingerprint density at radius 1 is 1.00 bits per heavy atom. The molecule has 5 rings (SSSR count). The van der Waals surface area contributed by atoms with Crippen molar-refractivity contribution in [1.82, 2.24) is 15.2 Å². The fourth-order valence-electron chi connectivity index (χ4n) is 7.48. The molecule has 2 heterocycles. The van der Waals surface area contributed by atoms with Crippen LogP contribution in [0.4, 0.5) is 14.9 Å². The molecule has 1 aliphatic carbocycles. The van der Waals surface area contributed by atoms with Crippen molar-refractivity contribution in [2.45, 2.75) is 109 Å². The molecule has 0 bridgehead atoms. The number of hydrogen-bond acceptors (Lipinski definition) is 8. The number of benzene rings is 2. The fourth-order valence-corrected chi connectivity index (χ4v) is 7.48. The third-order valence-electron chi connectivity index (χ3n) is 10.5. The first-order valence-corrected chi connectivity index (χ1v) is 19.1. The maximum Gasteiger partial charge on any atom is 0.407 e. The monoisotopic (exact) mass is 762 g/mol. The lowest BCUT2D eigenvalue weighted by Crippen LogP contribution is -2.49. The number of esters is 1. The molecule has 55 heavy (non-hydrogen) atoms. The molecule has 3 aromatic rings. The van der Waals surface area contributed by atoms with Crippen molar-refractivity contribution in [1.29, 1.82) is 0 Å². The van der Waals surface area contributed by atoms with E-state index in [1.165, 1.54) is 7.11 Å². The molecule has 1 saturated heterocycles. The summed E-state index contributed by atoms with van der Waals surface area (Å²) >= 11 is 0. The summed E-state index contributed by atoms with van der Waals surface area (Å²) in [4.78, 5) is 57.8. The second kappa shape index (κ2) is 18.1. The van der Waals surface area contributed by atoms with Gasteiger partial charge >= 0.3 is 12.1 Å². The minimum absolute atomic E-state index is 0.0797. The second-order valence-corrected chi connectivity index (χ2v) is 15.5. The molecule has 3 amide bonds. The molecule has 0 radical (unpaired) electrons. The lowest BCUT2D eigenvalue weighted by Gasteiger charge is -2.36. The van der Waals surface area contributed by atoms with Crippen molar-refractivity contribution in [2.24, 2.45) is 11.8 Å². The predicted molar refractivity (Wildman–Crippen MR) is 208 cm³/mol. The quantitative estimate of drug-likeness (QED) is 0.0871. The summed E-state index contributed by atoms with van der Waals surface area (Å²) in [5.41, 5.74) is 2.17. The molecule has 1 saturated carbocycles. The van der Waals surface area contributed by atoms with Gasteiger partial charge in [0.2, 0.25) is 11.8 Å². The summed E-state index contributed by atoms with van der Waals surface area (Å²) in [7, 11) is 1.50. The number of carbonyl (C=O) groups is 4. The van der Waals surface area contributed by atoms with Crippen molar-refractivity contribution in [3.63, 3.8) is 0 Å². The number of H-pyrrole nitrogens is 1. The number of anilines is 1. The first kappa shape index (κ1) is 41.3. The number of aromatic nitrogens is 1. The number of nitrogens with one attached hydrogen (secondary N) is 3. The van der Waals surface area contributed by atoms with Crippen LogP contribution in [0.2, 0.25) is 0 Å². The molecule has 2 unspecified atom stereocenters. The Kier molecular flexibility index (Phi) is 13.6. The van der Waals surface area contributed by atoms with Crippen LogP contribution in [0.1, 0.15) is 90.3 Å². The summed E-state index contributed by atoms with van der Waals surface area (Å²) < 4.78 is 36.1. The van der Waals surface area contributed by atoms with E-state index in [0.717, 1.165) is 16.5 Å². The van der Waals surface area contributed by atoms with E-state index in [9.17, 15) is 23.6 Å². The maximum absolute atomic E-state index is 14.3. The summed E-state index contributed by atoms with van der Waals surface area (Å²) in [5, 5.41) is 6.54. The molecule has 2 aliphatic rings. The highest BCUT2D eigenvalue weighted by Crippen LogP contribution is 2.39. The van der Waals surface area contributed by atoms with E-state index in [4.69, 9.17) is 18.9 Å². The van der Waals surface area contributed by atoms with Gasteiger partial charge in [-0.15, -0.1) is 0 Å². The highest BCUT2D eigenvalue weighted by molar-refractivity contribution is 6.00. The van der Waals surface area contributed by atoms with Crippen LogP contribution in [0.15, 0.2) is 61.2 Å². The van der Waals surface area contributed by atoms with E-state index >= 15 is 0 Å². The number of methoxy groups -OCH3 is 1. The third kappa shape index (κ3) is 10.4. The summed E-state index contributed by atoms with van der Waals surface area (Å²) in [5.74, 6) is -1.20. The van der Waals surface area contributed by atoms with Gasteiger partial charge in [0, 0.05) is 48.5 Å². The second-order valence-electron chi connectivity index (χ2n) is 15.5. The molecule has 2 fully saturated rings. The molecule has 5 atom stereocenters. The zero-order valence-corrected chi connectivity index (χ0v) is 32.7. The SMILES string of the molecule is C=C(OC(OC(=O)CC)C(C)OC)c1cc2cc(NC(=O)[C@@H]3[C@@H](c4ccccc4)CCN3C(=O)[C@H]3CC[C@H]([C@@H](CF)NC(=O)OC(C)(C)C)CC3)ccc2[nH]1. The van der Waals surface area contributed by atoms with Crippen molar-refractivity contribution in [3.05, 3.63) is 72.4 Å². The number of nitrogens with zero attached hydrogens (tertiary/aromatic N) is 1. The van der Waals surface area contributed by atoms with Crippen LogP contribution in [0.5, 0.6) is 0 Å². The minimum atomic E-state index is -0.996. The molecule has 298 valence electrons. The number of hydrogen-bond donors (Lipinski definition) is 3. The van der Waals surface area contributed by atoms with Crippen LogP contribution in [0.25, 0.3) is 16.7 Å². The van der Waals surface area contributed by atoms with Crippen LogP contribution in [-0.2, 0) is 33.3 Å². The van der Waals surface area contributed by atoms with Crippen molar-refractivity contribution >= 4 is 46.2 Å². The number of ether oxygens (including phenoxy) is 4. The lowest BCUT2D eigenvalue weighted by molar-refractivity contribution is -0.186. The fraction of sp³-hybridized carbons (Fsp3) is 0.524. The van der Waals surface area contributed by atoms with Crippen molar-refractivity contribution < 1.29 is 42.5 Å². The Hall–Kier alpha value is -4.91. The number of halogens is 1. The van der Waals surface area contributed by atoms with Gasteiger partial charge in [0.15, 0.2) is 0 Å². The van der Waals surface area contributed by atoms with Crippen molar-refractivity contribution in [3.8, 4) is 0 Å². The Bertz CT molecular complexity index is 1820. The van der Waals surface area contributed by atoms with Crippen LogP contribution in [0.3, 0.4) is 0 Å². The average molecular weight is 763 g/mol. The smallest absolute Gasteiger partial charge is 0.407 e. The molecule has 12 nitrogen and oxygen atoms in total. The summed E-state index contributed by atoms with van der Waals surface area (Å²) in [6.07, 6.45) is 0.822. The average Bonchev–Trinajstić information content (AvgIpc) is 3.81. The molecular weight excluding hydrogens is 707 g/mol. The van der Waals surface area contributed by atoms with Gasteiger partial charge in [-0.2, -0.15) is 0 Å². The van der Waals surface area contributed by atoms with Crippen molar-refractivity contribution in [2.75, 3.05) is 25.6 Å². The van der Waals surface area contributed by atoms with Gasteiger partial charge in [-0.25, -0.2) is 9.18 Å². The van der Waals surface area contributed by atoms with Gasteiger partial charge in [0.25, 0.3) is 6.29 Å². The molecule has 13 heteroatoms. The highest BCUT2D eigenvalue weighted by atomic mass is 19.1. The molecule has 1 aromatic heterocycles. The largest absolute Gasteiger partial charge is 0.450 e. The standard InChI is InChI=1S/C42H55FN4O8/c1-8-36(48)54-40(26(3)52-7)53-25(2)34-23-30-22-31(18-19-33(30)45-34)44-38(49)37-32(27-12-10-9-11-13-27)20-21-47(37)39(50)29-16-14-28(15-17-29)35(24-43)46-41(51)55-42(4,5)6/h9-13,18-19,22-23,26,28-29,32,35,37,40,45H,2,8,14-17,20-21,24H2,1,3-7H3,(H,44,49)(H,46,51)/t26?,28-,29-,32-,35-,37+,40?/m1/s1. The van der Waals surface area contributed by atoms with E-state index in [-0.39, 0.29) is 41.7 Å². The Labute approximate surface area is 322 Å². The molecule has 2 aromatic carbocycles. The number of aromatic amines is 1. The third-order valence-corrected chi connectivity index (χ3v) is 10.5. The number of likely N-dealkylation sites (tertiary alicyclic amines) is 1. The highest BCUT2D eigenvalue weighted by Gasteiger charge is 2.45. The molecule has 1 aliphatic heterocycles. The topological polar surface area (TPSA) is 148 Å². The molecule has 3 N–H and O–H groups in total. The van der Waals surface area contributed by atoms with Gasteiger partial charge in [-0.05, 0) is 95.5 Å². The predicted octanol–water partition coefficient (Wildman–Crippen LogP) is 7.46. The van der Waals surface area contributed by atoms with E-state index in [1.54, 1.807) is 45.6 Å². The molecular formula is C42H55FN4O8. The van der Waals surface area contributed by atoms with E-state index < -0.39 is 48.8 Å². The van der Waals surface area contributed by atoms with Crippen LogP contribution < -0.4 is 10.6 Å². The van der Waals surface area contributed by atoms with Crippen LogP contribution >= 0.6 is 0 Å². The Morgan fingerprint density at radius 3 is 2.35 bits per heavy atom. The number of rotatable bonds is 14. The lowest BCUT2D eigenvalue weighted by atomic mass is 9.78. The zero-order valence-electron chi connectivity index (χ0n) is 32.7. The summed E-state index contributed by atoms with van der Waals surface area (Å²) in [6.45, 7) is 12.4. The normalized spacial score (nSPS) is 21.6. The number of fused-ring (bicyclic) bond motifs is 1. The van der Waals surface area contributed by atoms with Gasteiger partial charge in [-0.3, -0.25) is 14.4 Å². The number of carbonyl (C=O) groups excluding carboxylic acids is 4. The van der Waals surface area contributed by atoms with E-state index in [0.29, 0.717) is 50.0 Å². The first-order valence-electron chi connectivity index (χ1n) is 19.1. The summed E-state index contributed by atoms with van der Waals surface area (Å²) in [6, 6.07) is 15.6. The van der Waals surface area contributed by atoms with Gasteiger partial charge in [0.1, 0.15) is 30.2 Å². The van der Waals surface area contributed by atoms with E-state index in [1.807, 2.05) is 48.5 Å². The number of alkyl halides is 1. The number of alkyl carbamates (subject to hydrolysis) is 1.